The van der Waals surface area contributed by atoms with Crippen LogP contribution in [-0.4, -0.2) is 23.5 Å². The van der Waals surface area contributed by atoms with E-state index >= 15 is 0 Å². The van der Waals surface area contributed by atoms with Crippen LogP contribution in [0.3, 0.4) is 0 Å². The minimum atomic E-state index is -0.574. The van der Waals surface area contributed by atoms with Gasteiger partial charge >= 0.3 is 5.97 Å². The van der Waals surface area contributed by atoms with Crippen LogP contribution < -0.4 is 5.73 Å². The van der Waals surface area contributed by atoms with Crippen molar-refractivity contribution in [3.05, 3.63) is 15.6 Å². The van der Waals surface area contributed by atoms with Crippen LogP contribution in [0, 0.1) is 6.92 Å². The Labute approximate surface area is 84.9 Å². The highest BCUT2D eigenvalue weighted by Gasteiger charge is 2.17. The molecular formula is C8H10N2O3S. The van der Waals surface area contributed by atoms with Gasteiger partial charge in [-0.1, -0.05) is 0 Å². The molecule has 6 heteroatoms. The maximum Gasteiger partial charge on any atom is 0.367 e. The zero-order valence-electron chi connectivity index (χ0n) is 7.86. The summed E-state index contributed by atoms with van der Waals surface area (Å²) in [4.78, 5) is 26.3. The minimum Gasteiger partial charge on any atom is -0.461 e. The zero-order chi connectivity index (χ0) is 10.7. The lowest BCUT2D eigenvalue weighted by Gasteiger charge is -1.94. The molecule has 1 aromatic heterocycles. The molecule has 76 valence electrons. The van der Waals surface area contributed by atoms with E-state index in [0.29, 0.717) is 10.6 Å². The monoisotopic (exact) mass is 214 g/mol. The second kappa shape index (κ2) is 4.19. The maximum atomic E-state index is 11.2. The second-order valence-corrected chi connectivity index (χ2v) is 3.52. The molecule has 0 aliphatic heterocycles. The van der Waals surface area contributed by atoms with Gasteiger partial charge in [-0.25, -0.2) is 9.78 Å². The highest BCUT2D eigenvalue weighted by atomic mass is 32.1. The molecule has 0 aliphatic carbocycles. The van der Waals surface area contributed by atoms with E-state index in [1.807, 2.05) is 0 Å². The summed E-state index contributed by atoms with van der Waals surface area (Å²) in [7, 11) is 0. The number of hydrogen-bond donors (Lipinski definition) is 1. The number of ether oxygens (including phenoxy) is 1. The smallest absolute Gasteiger partial charge is 0.367 e. The van der Waals surface area contributed by atoms with Crippen LogP contribution in [0.25, 0.3) is 0 Å². The number of nitrogens with zero attached hydrogens (tertiary/aromatic N) is 1. The summed E-state index contributed by atoms with van der Waals surface area (Å²) in [5.74, 6) is -1.09. The molecule has 2 N–H and O–H groups in total. The average Bonchev–Trinajstić information content (AvgIpc) is 2.48. The predicted octanol–water partition coefficient (Wildman–Crippen LogP) is 0.727. The summed E-state index contributed by atoms with van der Waals surface area (Å²) in [6.07, 6.45) is 0. The van der Waals surface area contributed by atoms with E-state index in [2.05, 4.69) is 4.98 Å². The number of carbonyl (C=O) groups excluding carboxylic acids is 2. The number of aryl methyl sites for hydroxylation is 1. The topological polar surface area (TPSA) is 82.3 Å². The third kappa shape index (κ3) is 2.08. The third-order valence-electron chi connectivity index (χ3n) is 1.47. The Kier molecular flexibility index (Phi) is 3.19. The lowest BCUT2D eigenvalue weighted by atomic mass is 10.4. The van der Waals surface area contributed by atoms with Crippen molar-refractivity contribution in [1.29, 1.82) is 0 Å². The highest BCUT2D eigenvalue weighted by molar-refractivity contribution is 7.15. The second-order valence-electron chi connectivity index (χ2n) is 2.52. The molecule has 0 unspecified atom stereocenters. The van der Waals surface area contributed by atoms with Gasteiger partial charge in [-0.2, -0.15) is 0 Å². The van der Waals surface area contributed by atoms with Crippen molar-refractivity contribution in [3.8, 4) is 0 Å². The summed E-state index contributed by atoms with van der Waals surface area (Å²) in [6, 6.07) is 0. The number of rotatable bonds is 3. The fourth-order valence-corrected chi connectivity index (χ4v) is 1.72. The molecule has 1 amide bonds. The first kappa shape index (κ1) is 10.6. The molecule has 0 fully saturated rings. The highest BCUT2D eigenvalue weighted by Crippen LogP contribution is 2.17. The Hall–Kier alpha value is -1.43. The van der Waals surface area contributed by atoms with Crippen molar-refractivity contribution < 1.29 is 14.3 Å². The van der Waals surface area contributed by atoms with E-state index in [1.165, 1.54) is 0 Å². The fourth-order valence-electron chi connectivity index (χ4n) is 0.905. The Morgan fingerprint density at radius 1 is 1.57 bits per heavy atom. The van der Waals surface area contributed by atoms with E-state index in [4.69, 9.17) is 10.5 Å². The third-order valence-corrected chi connectivity index (χ3v) is 2.62. The van der Waals surface area contributed by atoms with E-state index in [0.717, 1.165) is 11.3 Å². The Morgan fingerprint density at radius 2 is 2.21 bits per heavy atom. The number of esters is 1. The van der Waals surface area contributed by atoms with Crippen molar-refractivity contribution in [2.45, 2.75) is 13.8 Å². The number of carbonyl (C=O) groups is 2. The van der Waals surface area contributed by atoms with Gasteiger partial charge in [0, 0.05) is 0 Å². The van der Waals surface area contributed by atoms with E-state index < -0.39 is 11.9 Å². The van der Waals surface area contributed by atoms with E-state index in [1.54, 1.807) is 13.8 Å². The standard InChI is InChI=1S/C8H10N2O3S/c1-3-13-8(12)7-10-4(2)5(14-7)6(9)11/h3H2,1-2H3,(H2,9,11). The van der Waals surface area contributed by atoms with Crippen molar-refractivity contribution in [3.63, 3.8) is 0 Å². The first-order valence-corrected chi connectivity index (χ1v) is 4.82. The Morgan fingerprint density at radius 3 is 2.64 bits per heavy atom. The first-order valence-electron chi connectivity index (χ1n) is 4.00. The molecule has 0 radical (unpaired) electrons. The van der Waals surface area contributed by atoms with Gasteiger partial charge in [0.15, 0.2) is 0 Å². The molecule has 0 spiro atoms. The van der Waals surface area contributed by atoms with Crippen molar-refractivity contribution in [1.82, 2.24) is 4.98 Å². The molecule has 0 saturated heterocycles. The molecule has 0 atom stereocenters. The molecule has 14 heavy (non-hydrogen) atoms. The zero-order valence-corrected chi connectivity index (χ0v) is 8.68. The maximum absolute atomic E-state index is 11.2. The molecule has 1 aromatic rings. The molecule has 0 saturated carbocycles. The fraction of sp³-hybridized carbons (Fsp3) is 0.375. The van der Waals surface area contributed by atoms with Gasteiger partial charge in [0.2, 0.25) is 5.01 Å². The quantitative estimate of drug-likeness (QED) is 0.752. The van der Waals surface area contributed by atoms with Gasteiger partial charge in [-0.3, -0.25) is 4.79 Å². The predicted molar refractivity (Wildman–Crippen MR) is 51.3 cm³/mol. The molecule has 5 nitrogen and oxygen atoms in total. The lowest BCUT2D eigenvalue weighted by molar-refractivity contribution is 0.0525. The SMILES string of the molecule is CCOC(=O)c1nc(C)c(C(N)=O)s1. The van der Waals surface area contributed by atoms with Crippen molar-refractivity contribution in [2.75, 3.05) is 6.61 Å². The van der Waals surface area contributed by atoms with Crippen molar-refractivity contribution >= 4 is 23.2 Å². The van der Waals surface area contributed by atoms with Gasteiger partial charge in [0.1, 0.15) is 4.88 Å². The van der Waals surface area contributed by atoms with Gasteiger partial charge < -0.3 is 10.5 Å². The molecule has 0 aromatic carbocycles. The molecule has 1 rings (SSSR count). The van der Waals surface area contributed by atoms with E-state index in [-0.39, 0.29) is 11.6 Å². The van der Waals surface area contributed by atoms with Crippen LogP contribution >= 0.6 is 11.3 Å². The summed E-state index contributed by atoms with van der Waals surface area (Å²) in [5.41, 5.74) is 5.54. The number of hydrogen-bond acceptors (Lipinski definition) is 5. The Bertz CT molecular complexity index is 373. The van der Waals surface area contributed by atoms with Crippen LogP contribution in [0.15, 0.2) is 0 Å². The summed E-state index contributed by atoms with van der Waals surface area (Å²) in [6.45, 7) is 3.61. The van der Waals surface area contributed by atoms with Gasteiger partial charge in [0.25, 0.3) is 5.91 Å². The van der Waals surface area contributed by atoms with Crippen LogP contribution in [0.5, 0.6) is 0 Å². The number of nitrogens with two attached hydrogens (primary N) is 1. The van der Waals surface area contributed by atoms with E-state index in [9.17, 15) is 9.59 Å². The minimum absolute atomic E-state index is 0.165. The Balaban J connectivity index is 2.96. The van der Waals surface area contributed by atoms with Crippen molar-refractivity contribution in [2.24, 2.45) is 5.73 Å². The number of primary amides is 1. The van der Waals surface area contributed by atoms with Gasteiger partial charge in [-0.15, -0.1) is 11.3 Å². The average molecular weight is 214 g/mol. The normalized spacial score (nSPS) is 9.86. The molecule has 0 aliphatic rings. The molecular weight excluding hydrogens is 204 g/mol. The first-order chi connectivity index (χ1) is 6.56. The number of aromatic nitrogens is 1. The summed E-state index contributed by atoms with van der Waals surface area (Å²) < 4.78 is 4.73. The van der Waals surface area contributed by atoms with Crippen LogP contribution in [0.4, 0.5) is 0 Å². The lowest BCUT2D eigenvalue weighted by Crippen LogP contribution is -2.10. The van der Waals surface area contributed by atoms with Gasteiger partial charge in [-0.05, 0) is 13.8 Å². The van der Waals surface area contributed by atoms with Crippen LogP contribution in [0.1, 0.15) is 32.1 Å². The summed E-state index contributed by atoms with van der Waals surface area (Å²) in [5, 5.41) is 0.165. The van der Waals surface area contributed by atoms with Gasteiger partial charge in [0.05, 0.1) is 12.3 Å². The van der Waals surface area contributed by atoms with Crippen LogP contribution in [-0.2, 0) is 4.74 Å². The summed E-state index contributed by atoms with van der Waals surface area (Å²) >= 11 is 0.955. The molecule has 0 bridgehead atoms. The number of amides is 1. The largest absolute Gasteiger partial charge is 0.461 e. The van der Waals surface area contributed by atoms with Crippen LogP contribution in [0.2, 0.25) is 0 Å². The molecule has 1 heterocycles. The number of thiazole rings is 1.